The average Bonchev–Trinajstić information content (AvgIpc) is 2.90. The van der Waals surface area contributed by atoms with Crippen LogP contribution in [0.25, 0.3) is 10.2 Å². The van der Waals surface area contributed by atoms with Gasteiger partial charge in [-0.2, -0.15) is 0 Å². The van der Waals surface area contributed by atoms with E-state index in [2.05, 4.69) is 10.3 Å². The summed E-state index contributed by atoms with van der Waals surface area (Å²) in [6, 6.07) is 6.86. The van der Waals surface area contributed by atoms with Crippen molar-refractivity contribution in [2.75, 3.05) is 5.32 Å². The zero-order valence-electron chi connectivity index (χ0n) is 11.0. The summed E-state index contributed by atoms with van der Waals surface area (Å²) in [6.07, 6.45) is 0. The first kappa shape index (κ1) is 14.2. The van der Waals surface area contributed by atoms with Crippen molar-refractivity contribution in [3.8, 4) is 0 Å². The van der Waals surface area contributed by atoms with Gasteiger partial charge < -0.3 is 5.32 Å². The summed E-state index contributed by atoms with van der Waals surface area (Å²) < 4.78 is 28.6. The van der Waals surface area contributed by atoms with Crippen molar-refractivity contribution in [3.05, 3.63) is 58.1 Å². The third kappa shape index (κ3) is 2.59. The van der Waals surface area contributed by atoms with E-state index in [0.717, 1.165) is 4.70 Å². The van der Waals surface area contributed by atoms with Crippen LogP contribution in [0.4, 0.5) is 14.5 Å². The van der Waals surface area contributed by atoms with E-state index in [1.807, 2.05) is 6.07 Å². The van der Waals surface area contributed by atoms with Gasteiger partial charge in [0.05, 0.1) is 27.0 Å². The van der Waals surface area contributed by atoms with Crippen LogP contribution in [0.2, 0.25) is 5.02 Å². The van der Waals surface area contributed by atoms with Crippen LogP contribution >= 0.6 is 22.9 Å². The fourth-order valence-electron chi connectivity index (χ4n) is 2.26. The molecule has 6 heteroatoms. The summed E-state index contributed by atoms with van der Waals surface area (Å²) in [4.78, 5) is 4.26. The smallest absolute Gasteiger partial charge is 0.131 e. The van der Waals surface area contributed by atoms with Gasteiger partial charge in [0.25, 0.3) is 0 Å². The first-order chi connectivity index (χ1) is 10.1. The van der Waals surface area contributed by atoms with Crippen LogP contribution < -0.4 is 5.32 Å². The molecule has 1 heterocycles. The highest BCUT2D eigenvalue weighted by atomic mass is 35.5. The Morgan fingerprint density at radius 1 is 1.19 bits per heavy atom. The lowest BCUT2D eigenvalue weighted by atomic mass is 10.1. The van der Waals surface area contributed by atoms with E-state index in [4.69, 9.17) is 11.6 Å². The van der Waals surface area contributed by atoms with Crippen molar-refractivity contribution in [1.82, 2.24) is 4.98 Å². The van der Waals surface area contributed by atoms with Crippen molar-refractivity contribution >= 4 is 38.8 Å². The minimum atomic E-state index is -0.587. The predicted octanol–water partition coefficient (Wildman–Crippen LogP) is 5.40. The largest absolute Gasteiger partial charge is 0.375 e. The van der Waals surface area contributed by atoms with E-state index in [-0.39, 0.29) is 5.56 Å². The highest BCUT2D eigenvalue weighted by molar-refractivity contribution is 7.16. The van der Waals surface area contributed by atoms with Gasteiger partial charge in [-0.1, -0.05) is 17.7 Å². The Balaban J connectivity index is 2.02. The fourth-order valence-corrected chi connectivity index (χ4v) is 3.15. The molecule has 0 aliphatic heterocycles. The van der Waals surface area contributed by atoms with E-state index in [1.54, 1.807) is 18.5 Å². The van der Waals surface area contributed by atoms with E-state index >= 15 is 0 Å². The van der Waals surface area contributed by atoms with E-state index in [1.165, 1.54) is 29.5 Å². The third-order valence-corrected chi connectivity index (χ3v) is 4.35. The Kier molecular flexibility index (Phi) is 3.78. The third-order valence-electron chi connectivity index (χ3n) is 3.25. The number of benzene rings is 2. The van der Waals surface area contributed by atoms with Gasteiger partial charge >= 0.3 is 0 Å². The molecule has 0 aliphatic rings. The van der Waals surface area contributed by atoms with Crippen molar-refractivity contribution in [2.24, 2.45) is 0 Å². The molecule has 3 aromatic rings. The van der Waals surface area contributed by atoms with Gasteiger partial charge in [-0.15, -0.1) is 11.3 Å². The number of hydrogen-bond donors (Lipinski definition) is 1. The molecule has 1 aromatic heterocycles. The van der Waals surface area contributed by atoms with E-state index in [0.29, 0.717) is 16.2 Å². The summed E-state index contributed by atoms with van der Waals surface area (Å²) in [5, 5.41) is 3.54. The highest BCUT2D eigenvalue weighted by Gasteiger charge is 2.18. The van der Waals surface area contributed by atoms with Crippen LogP contribution in [-0.2, 0) is 0 Å². The van der Waals surface area contributed by atoms with Crippen molar-refractivity contribution in [1.29, 1.82) is 0 Å². The summed E-state index contributed by atoms with van der Waals surface area (Å²) >= 11 is 7.67. The zero-order valence-corrected chi connectivity index (χ0v) is 12.6. The lowest BCUT2D eigenvalue weighted by Crippen LogP contribution is -2.11. The number of halogens is 3. The van der Waals surface area contributed by atoms with E-state index in [9.17, 15) is 8.78 Å². The first-order valence-electron chi connectivity index (χ1n) is 6.30. The Labute approximate surface area is 129 Å². The van der Waals surface area contributed by atoms with Crippen LogP contribution in [0, 0.1) is 11.6 Å². The molecule has 0 bridgehead atoms. The Morgan fingerprint density at radius 3 is 2.62 bits per heavy atom. The van der Waals surface area contributed by atoms with Crippen LogP contribution in [-0.4, -0.2) is 4.98 Å². The fraction of sp³-hybridized carbons (Fsp3) is 0.133. The second-order valence-electron chi connectivity index (χ2n) is 4.62. The van der Waals surface area contributed by atoms with Gasteiger partial charge in [0, 0.05) is 5.56 Å². The average molecular weight is 325 g/mol. The summed E-state index contributed by atoms with van der Waals surface area (Å²) in [7, 11) is 0. The topological polar surface area (TPSA) is 24.9 Å². The molecule has 21 heavy (non-hydrogen) atoms. The van der Waals surface area contributed by atoms with Crippen molar-refractivity contribution < 1.29 is 8.78 Å². The second kappa shape index (κ2) is 5.58. The molecule has 0 radical (unpaired) electrons. The SMILES string of the molecule is CC(Nc1c(Cl)ccc2scnc12)c1c(F)cccc1F. The minimum absolute atomic E-state index is 0.0131. The maximum atomic E-state index is 13.8. The Hall–Kier alpha value is -1.72. The number of fused-ring (bicyclic) bond motifs is 1. The number of thiazole rings is 1. The number of rotatable bonds is 3. The maximum absolute atomic E-state index is 13.8. The van der Waals surface area contributed by atoms with Gasteiger partial charge in [-0.25, -0.2) is 13.8 Å². The predicted molar refractivity (Wildman–Crippen MR) is 83.0 cm³/mol. The summed E-state index contributed by atoms with van der Waals surface area (Å²) in [5.74, 6) is -1.17. The molecule has 108 valence electrons. The van der Waals surface area contributed by atoms with Gasteiger partial charge in [0.1, 0.15) is 17.2 Å². The molecule has 0 fully saturated rings. The minimum Gasteiger partial charge on any atom is -0.375 e. The molecule has 0 amide bonds. The Bertz CT molecular complexity index is 783. The van der Waals surface area contributed by atoms with Gasteiger partial charge in [0.2, 0.25) is 0 Å². The molecule has 2 aromatic carbocycles. The van der Waals surface area contributed by atoms with Crippen molar-refractivity contribution in [3.63, 3.8) is 0 Å². The number of anilines is 1. The standard InChI is InChI=1S/C15H11ClF2N2S/c1-8(13-10(17)3-2-4-11(13)18)20-14-9(16)5-6-12-15(14)19-7-21-12/h2-8,20H,1H3. The monoisotopic (exact) mass is 324 g/mol. The molecule has 2 nitrogen and oxygen atoms in total. The molecule has 0 saturated heterocycles. The summed E-state index contributed by atoms with van der Waals surface area (Å²) in [5.41, 5.74) is 2.99. The number of nitrogens with one attached hydrogen (secondary N) is 1. The van der Waals surface area contributed by atoms with Crippen molar-refractivity contribution in [2.45, 2.75) is 13.0 Å². The molecule has 0 aliphatic carbocycles. The van der Waals surface area contributed by atoms with Gasteiger partial charge in [-0.3, -0.25) is 0 Å². The molecular weight excluding hydrogens is 314 g/mol. The zero-order chi connectivity index (χ0) is 15.0. The molecule has 1 N–H and O–H groups in total. The molecule has 0 saturated carbocycles. The van der Waals surface area contributed by atoms with Crippen LogP contribution in [0.15, 0.2) is 35.8 Å². The molecule has 0 spiro atoms. The lowest BCUT2D eigenvalue weighted by Gasteiger charge is -2.18. The number of aromatic nitrogens is 1. The number of nitrogens with zero attached hydrogens (tertiary/aromatic N) is 1. The number of hydrogen-bond acceptors (Lipinski definition) is 3. The first-order valence-corrected chi connectivity index (χ1v) is 7.56. The Morgan fingerprint density at radius 2 is 1.90 bits per heavy atom. The molecule has 3 rings (SSSR count). The lowest BCUT2D eigenvalue weighted by molar-refractivity contribution is 0.544. The second-order valence-corrected chi connectivity index (χ2v) is 5.92. The highest BCUT2D eigenvalue weighted by Crippen LogP contribution is 2.35. The maximum Gasteiger partial charge on any atom is 0.131 e. The van der Waals surface area contributed by atoms with Gasteiger partial charge in [0.15, 0.2) is 0 Å². The van der Waals surface area contributed by atoms with Crippen LogP contribution in [0.1, 0.15) is 18.5 Å². The quantitative estimate of drug-likeness (QED) is 0.697. The molecular formula is C15H11ClF2N2S. The molecule has 1 atom stereocenters. The summed E-state index contributed by atoms with van der Waals surface area (Å²) in [6.45, 7) is 1.68. The molecule has 1 unspecified atom stereocenters. The van der Waals surface area contributed by atoms with Gasteiger partial charge in [-0.05, 0) is 31.2 Å². The normalized spacial score (nSPS) is 12.6. The van der Waals surface area contributed by atoms with E-state index < -0.39 is 17.7 Å². The van der Waals surface area contributed by atoms with Crippen LogP contribution in [0.5, 0.6) is 0 Å². The van der Waals surface area contributed by atoms with Crippen LogP contribution in [0.3, 0.4) is 0 Å².